The molecule has 1 aromatic carbocycles. The Bertz CT molecular complexity index is 1120. The molecule has 4 rings (SSSR count). The van der Waals surface area contributed by atoms with Crippen LogP contribution in [0.3, 0.4) is 0 Å². The summed E-state index contributed by atoms with van der Waals surface area (Å²) in [5.74, 6) is 0.400. The van der Waals surface area contributed by atoms with E-state index in [2.05, 4.69) is 20.3 Å². The number of nitrogens with one attached hydrogen (secondary N) is 1. The molecule has 0 amide bonds. The fourth-order valence-corrected chi connectivity index (χ4v) is 5.06. The molecule has 3 aromatic rings. The minimum atomic E-state index is -3.84. The second-order valence-corrected chi connectivity index (χ2v) is 8.72. The quantitative estimate of drug-likeness (QED) is 0.688. The van der Waals surface area contributed by atoms with E-state index in [1.165, 1.54) is 16.4 Å². The lowest BCUT2D eigenvalue weighted by molar-refractivity contribution is 0.390. The molecule has 7 nitrogen and oxygen atoms in total. The van der Waals surface area contributed by atoms with Crippen molar-refractivity contribution in [3.63, 3.8) is 0 Å². The SMILES string of the molecule is Cc1ccc(S(=O)(=O)N2CCCC2c2cccc(Nc3ncccn3)n2)cc1F. The molecule has 0 radical (unpaired) electrons. The van der Waals surface area contributed by atoms with E-state index >= 15 is 0 Å². The molecular formula is C20H20FN5O2S. The van der Waals surface area contributed by atoms with Crippen LogP contribution < -0.4 is 5.32 Å². The van der Waals surface area contributed by atoms with E-state index in [1.54, 1.807) is 37.5 Å². The highest BCUT2D eigenvalue weighted by molar-refractivity contribution is 7.89. The van der Waals surface area contributed by atoms with Gasteiger partial charge in [-0.1, -0.05) is 12.1 Å². The summed E-state index contributed by atoms with van der Waals surface area (Å²) in [6.07, 6.45) is 4.58. The highest BCUT2D eigenvalue weighted by Gasteiger charge is 2.37. The maximum absolute atomic E-state index is 14.0. The van der Waals surface area contributed by atoms with Crippen molar-refractivity contribution in [1.29, 1.82) is 0 Å². The fourth-order valence-electron chi connectivity index (χ4n) is 3.38. The third-order valence-electron chi connectivity index (χ3n) is 4.87. The van der Waals surface area contributed by atoms with E-state index in [-0.39, 0.29) is 4.90 Å². The molecule has 0 spiro atoms. The summed E-state index contributed by atoms with van der Waals surface area (Å²) in [5, 5.41) is 3.02. The number of hydrogen-bond acceptors (Lipinski definition) is 6. The van der Waals surface area contributed by atoms with Crippen LogP contribution in [0.2, 0.25) is 0 Å². The fraction of sp³-hybridized carbons (Fsp3) is 0.250. The highest BCUT2D eigenvalue weighted by atomic mass is 32.2. The monoisotopic (exact) mass is 413 g/mol. The second kappa shape index (κ2) is 7.84. The first kappa shape index (κ1) is 19.4. The number of halogens is 1. The Kier molecular flexibility index (Phi) is 5.25. The van der Waals surface area contributed by atoms with E-state index < -0.39 is 21.9 Å². The first-order valence-electron chi connectivity index (χ1n) is 9.24. The van der Waals surface area contributed by atoms with Crippen LogP contribution >= 0.6 is 0 Å². The largest absolute Gasteiger partial charge is 0.309 e. The Morgan fingerprint density at radius 2 is 1.93 bits per heavy atom. The predicted molar refractivity (Wildman–Crippen MR) is 107 cm³/mol. The summed E-state index contributed by atoms with van der Waals surface area (Å²) >= 11 is 0. The van der Waals surface area contributed by atoms with Crippen molar-refractivity contribution in [1.82, 2.24) is 19.3 Å². The van der Waals surface area contributed by atoms with Gasteiger partial charge in [0, 0.05) is 18.9 Å². The van der Waals surface area contributed by atoms with Gasteiger partial charge >= 0.3 is 0 Å². The zero-order valence-corrected chi connectivity index (χ0v) is 16.6. The summed E-state index contributed by atoms with van der Waals surface area (Å²) < 4.78 is 41.7. The Balaban J connectivity index is 1.63. The highest BCUT2D eigenvalue weighted by Crippen LogP contribution is 2.36. The summed E-state index contributed by atoms with van der Waals surface area (Å²) in [7, 11) is -3.84. The average Bonchev–Trinajstić information content (AvgIpc) is 3.22. The van der Waals surface area contributed by atoms with Crippen LogP contribution in [0.5, 0.6) is 0 Å². The number of nitrogens with zero attached hydrogens (tertiary/aromatic N) is 4. The lowest BCUT2D eigenvalue weighted by Crippen LogP contribution is -2.31. The van der Waals surface area contributed by atoms with Crippen molar-refractivity contribution in [2.75, 3.05) is 11.9 Å². The van der Waals surface area contributed by atoms with Crippen LogP contribution in [0.1, 0.15) is 30.1 Å². The van der Waals surface area contributed by atoms with Gasteiger partial charge in [0.15, 0.2) is 0 Å². The first-order chi connectivity index (χ1) is 13.9. The maximum Gasteiger partial charge on any atom is 0.243 e. The number of pyridine rings is 1. The van der Waals surface area contributed by atoms with E-state index in [0.717, 1.165) is 6.07 Å². The van der Waals surface area contributed by atoms with Crippen LogP contribution in [0.25, 0.3) is 0 Å². The van der Waals surface area contributed by atoms with Gasteiger partial charge < -0.3 is 5.32 Å². The molecule has 1 aliphatic rings. The minimum Gasteiger partial charge on any atom is -0.309 e. The molecule has 1 fully saturated rings. The molecular weight excluding hydrogens is 393 g/mol. The van der Waals surface area contributed by atoms with Crippen molar-refractivity contribution in [2.24, 2.45) is 0 Å². The lowest BCUT2D eigenvalue weighted by atomic mass is 10.1. The Hall–Kier alpha value is -2.91. The molecule has 3 heterocycles. The smallest absolute Gasteiger partial charge is 0.243 e. The second-order valence-electron chi connectivity index (χ2n) is 6.83. The Morgan fingerprint density at radius 1 is 1.14 bits per heavy atom. The van der Waals surface area contributed by atoms with Gasteiger partial charge in [0.25, 0.3) is 0 Å². The van der Waals surface area contributed by atoms with Crippen molar-refractivity contribution < 1.29 is 12.8 Å². The van der Waals surface area contributed by atoms with Crippen LogP contribution in [-0.2, 0) is 10.0 Å². The summed E-state index contributed by atoms with van der Waals surface area (Å²) in [5.41, 5.74) is 1.03. The summed E-state index contributed by atoms with van der Waals surface area (Å²) in [4.78, 5) is 12.7. The van der Waals surface area contributed by atoms with Crippen molar-refractivity contribution >= 4 is 21.8 Å². The van der Waals surface area contributed by atoms with Gasteiger partial charge in [0.05, 0.1) is 16.6 Å². The van der Waals surface area contributed by atoms with Crippen LogP contribution in [-0.4, -0.2) is 34.2 Å². The van der Waals surface area contributed by atoms with Crippen molar-refractivity contribution in [2.45, 2.75) is 30.7 Å². The van der Waals surface area contributed by atoms with Gasteiger partial charge in [-0.2, -0.15) is 4.31 Å². The van der Waals surface area contributed by atoms with Crippen molar-refractivity contribution in [3.05, 3.63) is 71.9 Å². The zero-order valence-electron chi connectivity index (χ0n) is 15.8. The number of aryl methyl sites for hydroxylation is 1. The number of hydrogen-bond donors (Lipinski definition) is 1. The first-order valence-corrected chi connectivity index (χ1v) is 10.7. The van der Waals surface area contributed by atoms with Crippen LogP contribution in [0, 0.1) is 12.7 Å². The number of aromatic nitrogens is 3. The molecule has 1 unspecified atom stereocenters. The molecule has 0 saturated carbocycles. The van der Waals surface area contributed by atoms with Gasteiger partial charge in [-0.3, -0.25) is 0 Å². The maximum atomic E-state index is 14.0. The van der Waals surface area contributed by atoms with Gasteiger partial charge in [0.2, 0.25) is 16.0 Å². The van der Waals surface area contributed by atoms with E-state index in [4.69, 9.17) is 0 Å². The topological polar surface area (TPSA) is 88.1 Å². The molecule has 0 bridgehead atoms. The predicted octanol–water partition coefficient (Wildman–Crippen LogP) is 3.59. The van der Waals surface area contributed by atoms with Gasteiger partial charge in [-0.25, -0.2) is 27.8 Å². The number of anilines is 2. The summed E-state index contributed by atoms with van der Waals surface area (Å²) in [6, 6.07) is 10.7. The molecule has 1 saturated heterocycles. The molecule has 1 atom stereocenters. The normalized spacial score (nSPS) is 17.4. The van der Waals surface area contributed by atoms with Crippen LogP contribution in [0.15, 0.2) is 59.8 Å². The average molecular weight is 413 g/mol. The van der Waals surface area contributed by atoms with Crippen LogP contribution in [0.4, 0.5) is 16.2 Å². The van der Waals surface area contributed by atoms with E-state index in [0.29, 0.717) is 42.4 Å². The number of sulfonamides is 1. The third-order valence-corrected chi connectivity index (χ3v) is 6.78. The Labute approximate surface area is 168 Å². The third kappa shape index (κ3) is 3.96. The van der Waals surface area contributed by atoms with Crippen molar-refractivity contribution in [3.8, 4) is 0 Å². The molecule has 2 aromatic heterocycles. The lowest BCUT2D eigenvalue weighted by Gasteiger charge is -2.24. The molecule has 0 aliphatic carbocycles. The van der Waals surface area contributed by atoms with Gasteiger partial charge in [-0.05, 0) is 55.7 Å². The standard InChI is InChI=1S/C20H20FN5O2S/c1-14-8-9-15(13-16(14)21)29(27,28)26-12-3-6-18(26)17-5-2-7-19(24-17)25-20-22-10-4-11-23-20/h2,4-5,7-11,13,18H,3,6,12H2,1H3,(H,22,23,24,25). The number of rotatable bonds is 5. The number of benzene rings is 1. The molecule has 1 N–H and O–H groups in total. The molecule has 150 valence electrons. The van der Waals surface area contributed by atoms with E-state index in [9.17, 15) is 12.8 Å². The summed E-state index contributed by atoms with van der Waals surface area (Å²) in [6.45, 7) is 1.97. The molecule has 9 heteroatoms. The minimum absolute atomic E-state index is 0.0422. The molecule has 1 aliphatic heterocycles. The molecule has 29 heavy (non-hydrogen) atoms. The van der Waals surface area contributed by atoms with Gasteiger partial charge in [0.1, 0.15) is 11.6 Å². The Morgan fingerprint density at radius 3 is 2.69 bits per heavy atom. The van der Waals surface area contributed by atoms with E-state index in [1.807, 2.05) is 6.07 Å². The van der Waals surface area contributed by atoms with Gasteiger partial charge in [-0.15, -0.1) is 0 Å². The zero-order chi connectivity index (χ0) is 20.4.